The predicted molar refractivity (Wildman–Crippen MR) is 99.7 cm³/mol. The number of H-pyrrole nitrogens is 1. The predicted octanol–water partition coefficient (Wildman–Crippen LogP) is 2.63. The number of carbonyl (C=O) groups is 2. The van der Waals surface area contributed by atoms with E-state index in [0.717, 1.165) is 23.3 Å². The molecule has 1 fully saturated rings. The van der Waals surface area contributed by atoms with Crippen molar-refractivity contribution in [2.24, 2.45) is 0 Å². The minimum Gasteiger partial charge on any atom is -0.496 e. The lowest BCUT2D eigenvalue weighted by Gasteiger charge is -2.23. The van der Waals surface area contributed by atoms with Crippen molar-refractivity contribution in [1.82, 2.24) is 14.8 Å². The third kappa shape index (κ3) is 3.45. The minimum absolute atomic E-state index is 0.0111. The molecule has 26 heavy (non-hydrogen) atoms. The van der Waals surface area contributed by atoms with E-state index in [1.54, 1.807) is 25.6 Å². The molecule has 0 aliphatic carbocycles. The fraction of sp³-hybridized carbons (Fsp3) is 0.400. The maximum atomic E-state index is 13.0. The van der Waals surface area contributed by atoms with Crippen LogP contribution in [0.1, 0.15) is 38.3 Å². The number of amides is 2. The lowest BCUT2D eigenvalue weighted by molar-refractivity contribution is 0.0718. The van der Waals surface area contributed by atoms with Crippen molar-refractivity contribution in [2.75, 3.05) is 33.3 Å². The molecular formula is C20H25N3O3. The van der Waals surface area contributed by atoms with Crippen molar-refractivity contribution in [3.05, 3.63) is 52.8 Å². The van der Waals surface area contributed by atoms with Gasteiger partial charge in [-0.15, -0.1) is 0 Å². The fourth-order valence-electron chi connectivity index (χ4n) is 3.38. The van der Waals surface area contributed by atoms with Crippen LogP contribution in [0.25, 0.3) is 0 Å². The largest absolute Gasteiger partial charge is 0.496 e. The standard InChI is InChI=1S/C20H25N3O3/c1-14-15(2)18(26-3)6-5-17(14)20(25)23-10-4-9-22(11-12-23)19(24)16-7-8-21-13-16/h5-8,13,21H,4,9-12H2,1-3H3. The average molecular weight is 355 g/mol. The molecular weight excluding hydrogens is 330 g/mol. The molecule has 2 amide bonds. The van der Waals surface area contributed by atoms with E-state index in [1.807, 2.05) is 35.8 Å². The summed E-state index contributed by atoms with van der Waals surface area (Å²) in [6, 6.07) is 5.45. The lowest BCUT2D eigenvalue weighted by atomic mass is 10.0. The van der Waals surface area contributed by atoms with Gasteiger partial charge in [-0.2, -0.15) is 0 Å². The molecule has 0 unspecified atom stereocenters. The molecule has 1 saturated heterocycles. The lowest BCUT2D eigenvalue weighted by Crippen LogP contribution is -2.37. The van der Waals surface area contributed by atoms with E-state index in [-0.39, 0.29) is 11.8 Å². The fourth-order valence-corrected chi connectivity index (χ4v) is 3.38. The number of ether oxygens (including phenoxy) is 1. The van der Waals surface area contributed by atoms with Crippen molar-refractivity contribution in [3.63, 3.8) is 0 Å². The van der Waals surface area contributed by atoms with Crippen molar-refractivity contribution >= 4 is 11.8 Å². The van der Waals surface area contributed by atoms with E-state index < -0.39 is 0 Å². The smallest absolute Gasteiger partial charge is 0.255 e. The van der Waals surface area contributed by atoms with Gasteiger partial charge >= 0.3 is 0 Å². The van der Waals surface area contributed by atoms with Gasteiger partial charge in [-0.1, -0.05) is 0 Å². The molecule has 1 N–H and O–H groups in total. The Morgan fingerprint density at radius 1 is 0.962 bits per heavy atom. The van der Waals surface area contributed by atoms with Crippen LogP contribution in [-0.4, -0.2) is 59.9 Å². The highest BCUT2D eigenvalue weighted by Gasteiger charge is 2.25. The quantitative estimate of drug-likeness (QED) is 0.920. The van der Waals surface area contributed by atoms with Crippen molar-refractivity contribution in [1.29, 1.82) is 0 Å². The zero-order chi connectivity index (χ0) is 18.7. The first-order valence-corrected chi connectivity index (χ1v) is 8.88. The first-order valence-electron chi connectivity index (χ1n) is 8.88. The number of rotatable bonds is 3. The van der Waals surface area contributed by atoms with Gasteiger partial charge in [-0.3, -0.25) is 9.59 Å². The Morgan fingerprint density at radius 3 is 2.27 bits per heavy atom. The number of aromatic nitrogens is 1. The zero-order valence-corrected chi connectivity index (χ0v) is 15.5. The molecule has 6 nitrogen and oxygen atoms in total. The second-order valence-corrected chi connectivity index (χ2v) is 6.60. The van der Waals surface area contributed by atoms with E-state index in [0.29, 0.717) is 37.3 Å². The molecule has 1 aliphatic rings. The van der Waals surface area contributed by atoms with Crippen molar-refractivity contribution < 1.29 is 14.3 Å². The van der Waals surface area contributed by atoms with E-state index in [1.165, 1.54) is 0 Å². The molecule has 0 atom stereocenters. The van der Waals surface area contributed by atoms with Gasteiger partial charge in [-0.25, -0.2) is 0 Å². The summed E-state index contributed by atoms with van der Waals surface area (Å²) < 4.78 is 5.33. The van der Waals surface area contributed by atoms with Crippen LogP contribution in [0.4, 0.5) is 0 Å². The van der Waals surface area contributed by atoms with Gasteiger partial charge in [0.1, 0.15) is 5.75 Å². The van der Waals surface area contributed by atoms with Gasteiger partial charge in [0.25, 0.3) is 11.8 Å². The molecule has 0 spiro atoms. The Bertz CT molecular complexity index is 799. The summed E-state index contributed by atoms with van der Waals surface area (Å²) in [7, 11) is 1.63. The average Bonchev–Trinajstić information content (AvgIpc) is 3.07. The number of carbonyl (C=O) groups excluding carboxylic acids is 2. The number of methoxy groups -OCH3 is 1. The molecule has 138 valence electrons. The molecule has 1 aromatic carbocycles. The van der Waals surface area contributed by atoms with Gasteiger partial charge < -0.3 is 19.5 Å². The number of hydrogen-bond acceptors (Lipinski definition) is 3. The first kappa shape index (κ1) is 18.0. The molecule has 2 heterocycles. The highest BCUT2D eigenvalue weighted by Crippen LogP contribution is 2.25. The van der Waals surface area contributed by atoms with Gasteiger partial charge in [0.15, 0.2) is 0 Å². The Kier molecular flexibility index (Phi) is 5.30. The minimum atomic E-state index is 0.0111. The van der Waals surface area contributed by atoms with E-state index in [9.17, 15) is 9.59 Å². The van der Waals surface area contributed by atoms with Crippen LogP contribution in [0.2, 0.25) is 0 Å². The zero-order valence-electron chi connectivity index (χ0n) is 15.5. The summed E-state index contributed by atoms with van der Waals surface area (Å²) in [4.78, 5) is 32.1. The van der Waals surface area contributed by atoms with Crippen molar-refractivity contribution in [3.8, 4) is 5.75 Å². The molecule has 1 aromatic heterocycles. The summed E-state index contributed by atoms with van der Waals surface area (Å²) in [5, 5.41) is 0. The number of benzene rings is 1. The Morgan fingerprint density at radius 2 is 1.65 bits per heavy atom. The topological polar surface area (TPSA) is 65.6 Å². The highest BCUT2D eigenvalue weighted by molar-refractivity contribution is 5.96. The summed E-state index contributed by atoms with van der Waals surface area (Å²) in [6.07, 6.45) is 4.23. The van der Waals surface area contributed by atoms with Gasteiger partial charge in [0.2, 0.25) is 0 Å². The second kappa shape index (κ2) is 7.64. The first-order chi connectivity index (χ1) is 12.5. The van der Waals surface area contributed by atoms with Crippen LogP contribution in [0.5, 0.6) is 5.75 Å². The summed E-state index contributed by atoms with van der Waals surface area (Å²) in [6.45, 7) is 6.31. The molecule has 6 heteroatoms. The third-order valence-electron chi connectivity index (χ3n) is 5.10. The Labute approximate surface area is 153 Å². The molecule has 0 radical (unpaired) electrons. The maximum Gasteiger partial charge on any atom is 0.255 e. The van der Waals surface area contributed by atoms with Crippen LogP contribution in [0, 0.1) is 13.8 Å². The summed E-state index contributed by atoms with van der Waals surface area (Å²) in [5.41, 5.74) is 3.29. The SMILES string of the molecule is COc1ccc(C(=O)N2CCCN(C(=O)c3cc[nH]c3)CC2)c(C)c1C. The normalized spacial score (nSPS) is 14.9. The number of nitrogens with one attached hydrogen (secondary N) is 1. The van der Waals surface area contributed by atoms with E-state index in [2.05, 4.69) is 4.98 Å². The molecule has 1 aliphatic heterocycles. The molecule has 0 saturated carbocycles. The summed E-state index contributed by atoms with van der Waals surface area (Å²) >= 11 is 0. The van der Waals surface area contributed by atoms with Crippen LogP contribution >= 0.6 is 0 Å². The number of hydrogen-bond donors (Lipinski definition) is 1. The Hall–Kier alpha value is -2.76. The maximum absolute atomic E-state index is 13.0. The van der Waals surface area contributed by atoms with Crippen LogP contribution in [0.3, 0.4) is 0 Å². The van der Waals surface area contributed by atoms with Crippen LogP contribution in [0.15, 0.2) is 30.6 Å². The van der Waals surface area contributed by atoms with Crippen molar-refractivity contribution in [2.45, 2.75) is 20.3 Å². The van der Waals surface area contributed by atoms with Crippen LogP contribution in [-0.2, 0) is 0 Å². The van der Waals surface area contributed by atoms with E-state index >= 15 is 0 Å². The van der Waals surface area contributed by atoms with Gasteiger partial charge in [0, 0.05) is 44.1 Å². The third-order valence-corrected chi connectivity index (χ3v) is 5.10. The second-order valence-electron chi connectivity index (χ2n) is 6.60. The Balaban J connectivity index is 1.72. The molecule has 0 bridgehead atoms. The number of nitrogens with zero attached hydrogens (tertiary/aromatic N) is 2. The van der Waals surface area contributed by atoms with Gasteiger partial charge in [-0.05, 0) is 49.6 Å². The molecule has 3 rings (SSSR count). The summed E-state index contributed by atoms with van der Waals surface area (Å²) in [5.74, 6) is 0.819. The monoisotopic (exact) mass is 355 g/mol. The highest BCUT2D eigenvalue weighted by atomic mass is 16.5. The van der Waals surface area contributed by atoms with Crippen LogP contribution < -0.4 is 4.74 Å². The molecule has 2 aromatic rings. The van der Waals surface area contributed by atoms with Gasteiger partial charge in [0.05, 0.1) is 12.7 Å². The van der Waals surface area contributed by atoms with E-state index in [4.69, 9.17) is 4.74 Å². The number of aromatic amines is 1.